The Bertz CT molecular complexity index is 1200. The maximum atomic E-state index is 6.47. The van der Waals surface area contributed by atoms with Crippen LogP contribution in [-0.4, -0.2) is 32.0 Å². The standard InChI is InChI=1S/C26H25ClN2O4/c1-15-5-7-16(8-6-15)20-14-21-19-13-18(27)9-10-22(19)33-26(29(21)28-20)17-11-23(30-2)25(32-4)24(12-17)31-3/h5-13,21,26H,14H2,1-4H3. The second-order valence-electron chi connectivity index (χ2n) is 8.12. The molecule has 0 amide bonds. The van der Waals surface area contributed by atoms with Crippen LogP contribution in [-0.2, 0) is 0 Å². The lowest BCUT2D eigenvalue weighted by molar-refractivity contribution is -0.0192. The van der Waals surface area contributed by atoms with E-state index in [1.807, 2.05) is 35.3 Å². The summed E-state index contributed by atoms with van der Waals surface area (Å²) >= 11 is 6.35. The number of nitrogens with zero attached hydrogens (tertiary/aromatic N) is 2. The van der Waals surface area contributed by atoms with Crippen molar-refractivity contribution in [1.29, 1.82) is 0 Å². The molecular formula is C26H25ClN2O4. The van der Waals surface area contributed by atoms with E-state index in [0.717, 1.165) is 34.6 Å². The number of fused-ring (bicyclic) bond motifs is 3. The van der Waals surface area contributed by atoms with E-state index in [-0.39, 0.29) is 6.04 Å². The van der Waals surface area contributed by atoms with Gasteiger partial charge in [0.25, 0.3) is 0 Å². The van der Waals surface area contributed by atoms with Crippen molar-refractivity contribution in [2.75, 3.05) is 21.3 Å². The lowest BCUT2D eigenvalue weighted by atomic mass is 9.95. The minimum absolute atomic E-state index is 0.00663. The van der Waals surface area contributed by atoms with E-state index in [0.29, 0.717) is 22.3 Å². The third-order valence-electron chi connectivity index (χ3n) is 6.11. The molecule has 0 aromatic heterocycles. The average molecular weight is 465 g/mol. The first-order valence-electron chi connectivity index (χ1n) is 10.7. The Morgan fingerprint density at radius 1 is 0.939 bits per heavy atom. The lowest BCUT2D eigenvalue weighted by Crippen LogP contribution is -2.33. The van der Waals surface area contributed by atoms with Crippen molar-refractivity contribution in [1.82, 2.24) is 5.01 Å². The van der Waals surface area contributed by atoms with Crippen molar-refractivity contribution in [2.24, 2.45) is 5.10 Å². The summed E-state index contributed by atoms with van der Waals surface area (Å²) < 4.78 is 23.1. The molecule has 0 bridgehead atoms. The van der Waals surface area contributed by atoms with Crippen LogP contribution in [0.2, 0.25) is 5.02 Å². The highest BCUT2D eigenvalue weighted by atomic mass is 35.5. The van der Waals surface area contributed by atoms with Gasteiger partial charge in [-0.1, -0.05) is 41.4 Å². The first kappa shape index (κ1) is 21.5. The quantitative estimate of drug-likeness (QED) is 0.469. The van der Waals surface area contributed by atoms with E-state index in [4.69, 9.17) is 35.6 Å². The Hall–Kier alpha value is -3.38. The van der Waals surface area contributed by atoms with Crippen LogP contribution in [0.4, 0.5) is 0 Å². The molecule has 0 aliphatic carbocycles. The monoisotopic (exact) mass is 464 g/mol. The Kier molecular flexibility index (Phi) is 5.54. The van der Waals surface area contributed by atoms with Gasteiger partial charge in [-0.05, 0) is 42.8 Å². The van der Waals surface area contributed by atoms with Gasteiger partial charge < -0.3 is 18.9 Å². The first-order valence-corrected chi connectivity index (χ1v) is 11.1. The van der Waals surface area contributed by atoms with Gasteiger partial charge in [0.15, 0.2) is 11.5 Å². The highest BCUT2D eigenvalue weighted by molar-refractivity contribution is 6.30. The Labute approximate surface area is 198 Å². The number of hydrogen-bond acceptors (Lipinski definition) is 6. The normalized spacial score (nSPS) is 18.7. The Balaban J connectivity index is 1.63. The van der Waals surface area contributed by atoms with Gasteiger partial charge in [0.1, 0.15) is 5.75 Å². The molecule has 2 atom stereocenters. The minimum atomic E-state index is -0.472. The fourth-order valence-corrected chi connectivity index (χ4v) is 4.62. The van der Waals surface area contributed by atoms with Gasteiger partial charge >= 0.3 is 0 Å². The molecule has 2 heterocycles. The fraction of sp³-hybridized carbons (Fsp3) is 0.269. The molecule has 2 aliphatic rings. The predicted octanol–water partition coefficient (Wildman–Crippen LogP) is 5.92. The van der Waals surface area contributed by atoms with Gasteiger partial charge in [-0.3, -0.25) is 0 Å². The average Bonchev–Trinajstić information content (AvgIpc) is 3.29. The molecule has 170 valence electrons. The van der Waals surface area contributed by atoms with Crippen LogP contribution in [0, 0.1) is 6.92 Å². The molecule has 3 aromatic rings. The smallest absolute Gasteiger partial charge is 0.214 e. The van der Waals surface area contributed by atoms with Crippen molar-refractivity contribution in [3.63, 3.8) is 0 Å². The van der Waals surface area contributed by atoms with Crippen LogP contribution < -0.4 is 18.9 Å². The molecule has 7 heteroatoms. The predicted molar refractivity (Wildman–Crippen MR) is 128 cm³/mol. The molecule has 2 unspecified atom stereocenters. The lowest BCUT2D eigenvalue weighted by Gasteiger charge is -2.38. The van der Waals surface area contributed by atoms with Crippen LogP contribution in [0.3, 0.4) is 0 Å². The molecule has 0 fully saturated rings. The number of methoxy groups -OCH3 is 3. The van der Waals surface area contributed by atoms with Crippen molar-refractivity contribution in [3.8, 4) is 23.0 Å². The van der Waals surface area contributed by atoms with Crippen LogP contribution >= 0.6 is 11.6 Å². The molecule has 0 spiro atoms. The van der Waals surface area contributed by atoms with Gasteiger partial charge in [0, 0.05) is 22.6 Å². The number of rotatable bonds is 5. The van der Waals surface area contributed by atoms with E-state index in [1.165, 1.54) is 5.56 Å². The third kappa shape index (κ3) is 3.74. The third-order valence-corrected chi connectivity index (χ3v) is 6.34. The molecule has 3 aromatic carbocycles. The summed E-state index contributed by atoms with van der Waals surface area (Å²) in [6.45, 7) is 2.08. The summed E-state index contributed by atoms with van der Waals surface area (Å²) in [5, 5.41) is 7.70. The second kappa shape index (κ2) is 8.52. The van der Waals surface area contributed by atoms with Gasteiger partial charge in [-0.2, -0.15) is 5.10 Å². The molecule has 5 rings (SSSR count). The summed E-state index contributed by atoms with van der Waals surface area (Å²) in [6.07, 6.45) is 0.279. The van der Waals surface area contributed by atoms with Crippen LogP contribution in [0.1, 0.15) is 40.9 Å². The Morgan fingerprint density at radius 3 is 2.27 bits per heavy atom. The molecule has 6 nitrogen and oxygen atoms in total. The summed E-state index contributed by atoms with van der Waals surface area (Å²) in [5.74, 6) is 2.46. The van der Waals surface area contributed by atoms with Crippen molar-refractivity contribution in [2.45, 2.75) is 25.6 Å². The zero-order chi connectivity index (χ0) is 23.1. The number of halogens is 1. The van der Waals surface area contributed by atoms with Crippen molar-refractivity contribution >= 4 is 17.3 Å². The van der Waals surface area contributed by atoms with Crippen molar-refractivity contribution in [3.05, 3.63) is 81.9 Å². The Morgan fingerprint density at radius 2 is 1.64 bits per heavy atom. The fourth-order valence-electron chi connectivity index (χ4n) is 4.44. The van der Waals surface area contributed by atoms with E-state index in [1.54, 1.807) is 21.3 Å². The molecule has 0 radical (unpaired) electrons. The molecule has 0 N–H and O–H groups in total. The maximum Gasteiger partial charge on any atom is 0.214 e. The van der Waals surface area contributed by atoms with E-state index in [2.05, 4.69) is 31.2 Å². The minimum Gasteiger partial charge on any atom is -0.493 e. The number of aryl methyl sites for hydroxylation is 1. The van der Waals surface area contributed by atoms with Crippen LogP contribution in [0.15, 0.2) is 59.7 Å². The van der Waals surface area contributed by atoms with E-state index in [9.17, 15) is 0 Å². The highest BCUT2D eigenvalue weighted by Gasteiger charge is 2.41. The summed E-state index contributed by atoms with van der Waals surface area (Å²) in [5.41, 5.74) is 5.20. The highest BCUT2D eigenvalue weighted by Crippen LogP contribution is 2.50. The SMILES string of the molecule is COc1cc(C2Oc3ccc(Cl)cc3C3CC(c4ccc(C)cc4)=NN32)cc(OC)c1OC. The van der Waals surface area contributed by atoms with Crippen LogP contribution in [0.5, 0.6) is 23.0 Å². The van der Waals surface area contributed by atoms with Gasteiger partial charge in [0.05, 0.1) is 33.1 Å². The van der Waals surface area contributed by atoms with E-state index >= 15 is 0 Å². The molecule has 2 aliphatic heterocycles. The summed E-state index contributed by atoms with van der Waals surface area (Å²) in [4.78, 5) is 0. The molecule has 0 saturated heterocycles. The van der Waals surface area contributed by atoms with Crippen molar-refractivity contribution < 1.29 is 18.9 Å². The molecular weight excluding hydrogens is 440 g/mol. The van der Waals surface area contributed by atoms with Gasteiger partial charge in [-0.25, -0.2) is 5.01 Å². The zero-order valence-corrected chi connectivity index (χ0v) is 19.7. The summed E-state index contributed by atoms with van der Waals surface area (Å²) in [7, 11) is 4.80. The zero-order valence-electron chi connectivity index (χ0n) is 19.0. The maximum absolute atomic E-state index is 6.47. The summed E-state index contributed by atoms with van der Waals surface area (Å²) in [6, 6.07) is 18.0. The number of hydrazone groups is 1. The van der Waals surface area contributed by atoms with Gasteiger partial charge in [-0.15, -0.1) is 0 Å². The van der Waals surface area contributed by atoms with Gasteiger partial charge in [0.2, 0.25) is 12.0 Å². The topological polar surface area (TPSA) is 52.5 Å². The first-order chi connectivity index (χ1) is 16.0. The van der Waals surface area contributed by atoms with Crippen LogP contribution in [0.25, 0.3) is 0 Å². The van der Waals surface area contributed by atoms with E-state index < -0.39 is 6.23 Å². The molecule has 0 saturated carbocycles. The number of ether oxygens (including phenoxy) is 4. The number of hydrogen-bond donors (Lipinski definition) is 0. The number of benzene rings is 3. The molecule has 33 heavy (non-hydrogen) atoms. The second-order valence-corrected chi connectivity index (χ2v) is 8.56. The largest absolute Gasteiger partial charge is 0.493 e.